The fourth-order valence-corrected chi connectivity index (χ4v) is 2.55. The highest BCUT2D eigenvalue weighted by Gasteiger charge is 2.16. The molecule has 0 aliphatic heterocycles. The largest absolute Gasteiger partial charge is 0.507 e. The monoisotopic (exact) mass is 379 g/mol. The average Bonchev–Trinajstić information content (AvgIpc) is 2.68. The molecular formula is C19H13N3O6. The lowest BCUT2D eigenvalue weighted by Crippen LogP contribution is -2.12. The van der Waals surface area contributed by atoms with Crippen LogP contribution in [0, 0.1) is 20.2 Å². The van der Waals surface area contributed by atoms with Crippen molar-refractivity contribution in [3.8, 4) is 16.9 Å². The standard InChI is InChI=1S/C19H13N3O6/c23-18-11-16(22(27)28)9-10-17(18)19(24)20-14-5-1-12(2-6-14)13-3-7-15(8-4-13)21(25)26/h1-11,23H,(H,20,24). The van der Waals surface area contributed by atoms with Crippen LogP contribution in [0.15, 0.2) is 66.7 Å². The van der Waals surface area contributed by atoms with E-state index in [2.05, 4.69) is 5.32 Å². The quantitative estimate of drug-likeness (QED) is 0.505. The minimum absolute atomic E-state index is 0.00413. The maximum Gasteiger partial charge on any atom is 0.273 e. The Morgan fingerprint density at radius 3 is 1.79 bits per heavy atom. The predicted octanol–water partition coefficient (Wildman–Crippen LogP) is 4.13. The lowest BCUT2D eigenvalue weighted by Gasteiger charge is -2.08. The molecule has 2 N–H and O–H groups in total. The van der Waals surface area contributed by atoms with Gasteiger partial charge in [-0.05, 0) is 41.5 Å². The Morgan fingerprint density at radius 1 is 0.786 bits per heavy atom. The number of aromatic hydroxyl groups is 1. The van der Waals surface area contributed by atoms with Gasteiger partial charge in [0.05, 0.1) is 21.5 Å². The third-order valence-electron chi connectivity index (χ3n) is 3.99. The van der Waals surface area contributed by atoms with E-state index in [0.29, 0.717) is 5.69 Å². The maximum absolute atomic E-state index is 12.3. The van der Waals surface area contributed by atoms with Crippen molar-refractivity contribution in [3.63, 3.8) is 0 Å². The lowest BCUT2D eigenvalue weighted by molar-refractivity contribution is -0.385. The molecule has 0 aliphatic rings. The summed E-state index contributed by atoms with van der Waals surface area (Å²) in [6.45, 7) is 0. The number of carbonyl (C=O) groups is 1. The maximum atomic E-state index is 12.3. The van der Waals surface area contributed by atoms with Crippen molar-refractivity contribution in [2.45, 2.75) is 0 Å². The van der Waals surface area contributed by atoms with Crippen molar-refractivity contribution in [3.05, 3.63) is 92.5 Å². The van der Waals surface area contributed by atoms with E-state index in [1.165, 1.54) is 18.2 Å². The summed E-state index contributed by atoms with van der Waals surface area (Å²) in [5, 5.41) is 33.8. The number of nitro benzene ring substituents is 2. The van der Waals surface area contributed by atoms with Crippen molar-refractivity contribution in [1.82, 2.24) is 0 Å². The number of nitrogens with one attached hydrogen (secondary N) is 1. The fourth-order valence-electron chi connectivity index (χ4n) is 2.55. The Hall–Kier alpha value is -4.27. The van der Waals surface area contributed by atoms with Crippen LogP contribution in [-0.2, 0) is 0 Å². The molecular weight excluding hydrogens is 366 g/mol. The number of carbonyl (C=O) groups excluding carboxylic acids is 1. The molecule has 3 aromatic carbocycles. The molecule has 0 atom stereocenters. The summed E-state index contributed by atoms with van der Waals surface area (Å²) in [4.78, 5) is 32.5. The molecule has 0 saturated carbocycles. The molecule has 28 heavy (non-hydrogen) atoms. The molecule has 3 aromatic rings. The number of phenolic OH excluding ortho intramolecular Hbond substituents is 1. The van der Waals surface area contributed by atoms with E-state index in [4.69, 9.17) is 0 Å². The molecule has 0 saturated heterocycles. The number of rotatable bonds is 5. The van der Waals surface area contributed by atoms with Gasteiger partial charge in [0.2, 0.25) is 0 Å². The van der Waals surface area contributed by atoms with Gasteiger partial charge in [-0.25, -0.2) is 0 Å². The van der Waals surface area contributed by atoms with Gasteiger partial charge >= 0.3 is 0 Å². The van der Waals surface area contributed by atoms with Gasteiger partial charge in [0.25, 0.3) is 17.3 Å². The van der Waals surface area contributed by atoms with Crippen LogP contribution < -0.4 is 5.32 Å². The van der Waals surface area contributed by atoms with Crippen LogP contribution in [0.2, 0.25) is 0 Å². The molecule has 0 spiro atoms. The molecule has 0 aliphatic carbocycles. The number of hydrogen-bond acceptors (Lipinski definition) is 6. The van der Waals surface area contributed by atoms with Gasteiger partial charge < -0.3 is 10.4 Å². The molecule has 140 valence electrons. The third-order valence-corrected chi connectivity index (χ3v) is 3.99. The third kappa shape index (κ3) is 3.93. The van der Waals surface area contributed by atoms with Gasteiger partial charge in [-0.3, -0.25) is 25.0 Å². The Balaban J connectivity index is 1.74. The Bertz CT molecular complexity index is 1060. The molecule has 0 aromatic heterocycles. The molecule has 0 radical (unpaired) electrons. The lowest BCUT2D eigenvalue weighted by atomic mass is 10.0. The first-order valence-electron chi connectivity index (χ1n) is 7.99. The van der Waals surface area contributed by atoms with E-state index in [1.807, 2.05) is 0 Å². The molecule has 1 amide bonds. The number of anilines is 1. The Morgan fingerprint density at radius 2 is 1.29 bits per heavy atom. The van der Waals surface area contributed by atoms with Crippen molar-refractivity contribution in [2.24, 2.45) is 0 Å². The van der Waals surface area contributed by atoms with Crippen LogP contribution in [-0.4, -0.2) is 20.9 Å². The van der Waals surface area contributed by atoms with E-state index in [-0.39, 0.29) is 16.9 Å². The van der Waals surface area contributed by atoms with Gasteiger partial charge in [-0.2, -0.15) is 0 Å². The Kier molecular flexibility index (Phi) is 4.99. The molecule has 3 rings (SSSR count). The minimum Gasteiger partial charge on any atom is -0.507 e. The van der Waals surface area contributed by atoms with Crippen LogP contribution in [0.1, 0.15) is 10.4 Å². The molecule has 0 bridgehead atoms. The van der Waals surface area contributed by atoms with Gasteiger partial charge in [0, 0.05) is 23.9 Å². The first-order valence-corrected chi connectivity index (χ1v) is 7.99. The van der Waals surface area contributed by atoms with Crippen molar-refractivity contribution >= 4 is 23.0 Å². The molecule has 0 fully saturated rings. The van der Waals surface area contributed by atoms with Crippen LogP contribution in [0.25, 0.3) is 11.1 Å². The molecule has 9 heteroatoms. The summed E-state index contributed by atoms with van der Waals surface area (Å²) < 4.78 is 0. The zero-order chi connectivity index (χ0) is 20.3. The highest BCUT2D eigenvalue weighted by Crippen LogP contribution is 2.26. The molecule has 0 heterocycles. The van der Waals surface area contributed by atoms with Gasteiger partial charge in [0.15, 0.2) is 0 Å². The molecule has 9 nitrogen and oxygen atoms in total. The van der Waals surface area contributed by atoms with Crippen LogP contribution in [0.3, 0.4) is 0 Å². The van der Waals surface area contributed by atoms with E-state index < -0.39 is 21.5 Å². The number of hydrogen-bond donors (Lipinski definition) is 2. The second-order valence-corrected chi connectivity index (χ2v) is 5.79. The van der Waals surface area contributed by atoms with Crippen molar-refractivity contribution in [1.29, 1.82) is 0 Å². The topological polar surface area (TPSA) is 136 Å². The van der Waals surface area contributed by atoms with E-state index in [9.17, 15) is 30.1 Å². The van der Waals surface area contributed by atoms with Gasteiger partial charge in [-0.15, -0.1) is 0 Å². The second-order valence-electron chi connectivity index (χ2n) is 5.79. The number of nitro groups is 2. The highest BCUT2D eigenvalue weighted by atomic mass is 16.6. The van der Waals surface area contributed by atoms with Crippen molar-refractivity contribution < 1.29 is 19.7 Å². The smallest absolute Gasteiger partial charge is 0.273 e. The van der Waals surface area contributed by atoms with E-state index in [1.54, 1.807) is 36.4 Å². The SMILES string of the molecule is O=C(Nc1ccc(-c2ccc([N+](=O)[O-])cc2)cc1)c1ccc([N+](=O)[O-])cc1O. The minimum atomic E-state index is -0.668. The van der Waals surface area contributed by atoms with Crippen LogP contribution in [0.5, 0.6) is 5.75 Å². The Labute approximate surface area is 158 Å². The number of amides is 1. The first-order chi connectivity index (χ1) is 13.3. The summed E-state index contributed by atoms with van der Waals surface area (Å²) in [7, 11) is 0. The summed E-state index contributed by atoms with van der Waals surface area (Å²) >= 11 is 0. The van der Waals surface area contributed by atoms with E-state index in [0.717, 1.165) is 23.3 Å². The predicted molar refractivity (Wildman–Crippen MR) is 101 cm³/mol. The van der Waals surface area contributed by atoms with Crippen LogP contribution >= 0.6 is 0 Å². The summed E-state index contributed by atoms with van der Waals surface area (Å²) in [6.07, 6.45) is 0. The van der Waals surface area contributed by atoms with Gasteiger partial charge in [-0.1, -0.05) is 12.1 Å². The number of nitrogens with zero attached hydrogens (tertiary/aromatic N) is 2. The number of phenols is 1. The van der Waals surface area contributed by atoms with E-state index >= 15 is 0 Å². The zero-order valence-electron chi connectivity index (χ0n) is 14.2. The summed E-state index contributed by atoms with van der Waals surface area (Å²) in [5.74, 6) is -1.11. The van der Waals surface area contributed by atoms with Crippen molar-refractivity contribution in [2.75, 3.05) is 5.32 Å². The second kappa shape index (κ2) is 7.54. The zero-order valence-corrected chi connectivity index (χ0v) is 14.2. The van der Waals surface area contributed by atoms with Gasteiger partial charge in [0.1, 0.15) is 5.75 Å². The van der Waals surface area contributed by atoms with Crippen LogP contribution in [0.4, 0.5) is 17.1 Å². The fraction of sp³-hybridized carbons (Fsp3) is 0. The average molecular weight is 379 g/mol. The summed E-state index contributed by atoms with van der Waals surface area (Å²) in [6, 6.07) is 16.0. The first kappa shape index (κ1) is 18.5. The normalized spacial score (nSPS) is 10.3. The number of benzene rings is 3. The highest BCUT2D eigenvalue weighted by molar-refractivity contribution is 6.06. The molecule has 0 unspecified atom stereocenters. The number of non-ortho nitro benzene ring substituents is 2. The summed E-state index contributed by atoms with van der Waals surface area (Å²) in [5.41, 5.74) is 1.61.